The van der Waals surface area contributed by atoms with Crippen LogP contribution in [-0.4, -0.2) is 37.4 Å². The highest BCUT2D eigenvalue weighted by Crippen LogP contribution is 2.24. The van der Waals surface area contributed by atoms with E-state index in [4.69, 9.17) is 0 Å². The molecule has 2 aromatic rings. The maximum Gasteiger partial charge on any atom is 0.253 e. The Morgan fingerprint density at radius 1 is 0.963 bits per heavy atom. The molecule has 0 saturated heterocycles. The van der Waals surface area contributed by atoms with Crippen LogP contribution >= 0.6 is 0 Å². The molecule has 0 heterocycles. The van der Waals surface area contributed by atoms with Crippen molar-refractivity contribution < 1.29 is 9.59 Å². The lowest BCUT2D eigenvalue weighted by molar-refractivity contribution is -0.120. The van der Waals surface area contributed by atoms with Crippen molar-refractivity contribution in [3.63, 3.8) is 0 Å². The number of para-hydroxylation sites is 1. The van der Waals surface area contributed by atoms with Crippen molar-refractivity contribution in [2.75, 3.05) is 26.0 Å². The predicted molar refractivity (Wildman–Crippen MR) is 111 cm³/mol. The summed E-state index contributed by atoms with van der Waals surface area (Å²) in [6.45, 7) is 4.79. The summed E-state index contributed by atoms with van der Waals surface area (Å²) < 4.78 is 0. The third-order valence-corrected chi connectivity index (χ3v) is 4.66. The van der Waals surface area contributed by atoms with Crippen LogP contribution in [-0.2, 0) is 4.79 Å². The van der Waals surface area contributed by atoms with Gasteiger partial charge in [0.05, 0.1) is 0 Å². The molecule has 2 N–H and O–H groups in total. The molecule has 0 bridgehead atoms. The van der Waals surface area contributed by atoms with Crippen molar-refractivity contribution in [1.29, 1.82) is 0 Å². The molecule has 2 aromatic carbocycles. The fourth-order valence-corrected chi connectivity index (χ4v) is 2.93. The second-order valence-corrected chi connectivity index (χ2v) is 6.83. The second kappa shape index (κ2) is 9.76. The number of benzene rings is 2. The van der Waals surface area contributed by atoms with E-state index in [0.717, 1.165) is 24.2 Å². The fourth-order valence-electron chi connectivity index (χ4n) is 2.93. The Labute approximate surface area is 161 Å². The quantitative estimate of drug-likeness (QED) is 0.692. The van der Waals surface area contributed by atoms with Gasteiger partial charge in [-0.15, -0.1) is 0 Å². The first-order chi connectivity index (χ1) is 12.9. The van der Waals surface area contributed by atoms with E-state index in [2.05, 4.69) is 36.6 Å². The maximum atomic E-state index is 12.5. The standard InChI is InChI=1S/C22H29N3O2/c1-16-8-7-9-17(2)21(16)24-19-13-11-18(12-14-19)22(27)25(4)15-6-5-10-20(26)23-3/h7-9,11-14,24H,5-6,10,15H2,1-4H3,(H,23,26). The summed E-state index contributed by atoms with van der Waals surface area (Å²) in [5.74, 6) is 0.0320. The van der Waals surface area contributed by atoms with Gasteiger partial charge in [0.2, 0.25) is 5.91 Å². The molecule has 5 nitrogen and oxygen atoms in total. The molecule has 0 aliphatic heterocycles. The highest BCUT2D eigenvalue weighted by atomic mass is 16.2. The van der Waals surface area contributed by atoms with Gasteiger partial charge >= 0.3 is 0 Å². The van der Waals surface area contributed by atoms with Gasteiger partial charge in [-0.05, 0) is 62.1 Å². The van der Waals surface area contributed by atoms with Gasteiger partial charge in [-0.25, -0.2) is 0 Å². The molecule has 0 atom stereocenters. The number of amides is 2. The molecule has 2 rings (SSSR count). The van der Waals surface area contributed by atoms with Crippen molar-refractivity contribution in [2.45, 2.75) is 33.1 Å². The zero-order chi connectivity index (χ0) is 19.8. The average Bonchev–Trinajstić information content (AvgIpc) is 2.67. The van der Waals surface area contributed by atoms with Gasteiger partial charge < -0.3 is 15.5 Å². The molecule has 0 radical (unpaired) electrons. The van der Waals surface area contributed by atoms with Gasteiger partial charge in [-0.1, -0.05) is 18.2 Å². The molecule has 0 aliphatic carbocycles. The van der Waals surface area contributed by atoms with Gasteiger partial charge in [0, 0.05) is 44.0 Å². The van der Waals surface area contributed by atoms with Crippen molar-refractivity contribution in [1.82, 2.24) is 10.2 Å². The van der Waals surface area contributed by atoms with Crippen LogP contribution in [0.2, 0.25) is 0 Å². The number of rotatable bonds is 8. The minimum Gasteiger partial charge on any atom is -0.359 e. The summed E-state index contributed by atoms with van der Waals surface area (Å²) in [6, 6.07) is 13.7. The summed E-state index contributed by atoms with van der Waals surface area (Å²) in [4.78, 5) is 25.5. The Balaban J connectivity index is 1.92. The van der Waals surface area contributed by atoms with Gasteiger partial charge in [0.1, 0.15) is 0 Å². The number of nitrogens with one attached hydrogen (secondary N) is 2. The topological polar surface area (TPSA) is 61.4 Å². The van der Waals surface area contributed by atoms with Gasteiger partial charge in [0.25, 0.3) is 5.91 Å². The molecule has 0 aromatic heterocycles. The first-order valence-electron chi connectivity index (χ1n) is 9.31. The molecule has 0 unspecified atom stereocenters. The Bertz CT molecular complexity index is 764. The normalized spacial score (nSPS) is 10.4. The van der Waals surface area contributed by atoms with Crippen LogP contribution in [0, 0.1) is 13.8 Å². The lowest BCUT2D eigenvalue weighted by Gasteiger charge is -2.18. The number of carbonyl (C=O) groups excluding carboxylic acids is 2. The molecule has 0 saturated carbocycles. The van der Waals surface area contributed by atoms with Gasteiger partial charge in [-0.3, -0.25) is 9.59 Å². The zero-order valence-electron chi connectivity index (χ0n) is 16.6. The highest BCUT2D eigenvalue weighted by Gasteiger charge is 2.12. The molecule has 5 heteroatoms. The van der Waals surface area contributed by atoms with Crippen molar-refractivity contribution in [2.24, 2.45) is 0 Å². The van der Waals surface area contributed by atoms with Crippen molar-refractivity contribution >= 4 is 23.2 Å². The number of aryl methyl sites for hydroxylation is 2. The Morgan fingerprint density at radius 2 is 1.59 bits per heavy atom. The van der Waals surface area contributed by atoms with E-state index in [1.54, 1.807) is 19.0 Å². The molecule has 0 fully saturated rings. The molecular weight excluding hydrogens is 338 g/mol. The van der Waals surface area contributed by atoms with E-state index >= 15 is 0 Å². The van der Waals surface area contributed by atoms with E-state index in [0.29, 0.717) is 18.5 Å². The fraction of sp³-hybridized carbons (Fsp3) is 0.364. The van der Waals surface area contributed by atoms with E-state index in [-0.39, 0.29) is 11.8 Å². The number of carbonyl (C=O) groups is 2. The predicted octanol–water partition coefficient (Wildman–Crippen LogP) is 4.04. The lowest BCUT2D eigenvalue weighted by atomic mass is 10.1. The van der Waals surface area contributed by atoms with Crippen LogP contribution in [0.25, 0.3) is 0 Å². The lowest BCUT2D eigenvalue weighted by Crippen LogP contribution is -2.28. The second-order valence-electron chi connectivity index (χ2n) is 6.83. The summed E-state index contributed by atoms with van der Waals surface area (Å²) in [5, 5.41) is 6.04. The van der Waals surface area contributed by atoms with E-state index in [1.807, 2.05) is 30.3 Å². The highest BCUT2D eigenvalue weighted by molar-refractivity contribution is 5.94. The number of hydrogen-bond acceptors (Lipinski definition) is 3. The number of nitrogens with zero attached hydrogens (tertiary/aromatic N) is 1. The van der Waals surface area contributed by atoms with E-state index in [9.17, 15) is 9.59 Å². The molecular formula is C22H29N3O2. The Kier molecular flexibility index (Phi) is 7.41. The van der Waals surface area contributed by atoms with E-state index < -0.39 is 0 Å². The number of hydrogen-bond donors (Lipinski definition) is 2. The summed E-state index contributed by atoms with van der Waals surface area (Å²) in [5.41, 5.74) is 5.09. The van der Waals surface area contributed by atoms with Gasteiger partial charge in [0.15, 0.2) is 0 Å². The number of anilines is 2. The molecule has 2 amide bonds. The van der Waals surface area contributed by atoms with Gasteiger partial charge in [-0.2, -0.15) is 0 Å². The van der Waals surface area contributed by atoms with E-state index in [1.165, 1.54) is 11.1 Å². The monoisotopic (exact) mass is 367 g/mol. The van der Waals surface area contributed by atoms with Crippen LogP contribution in [0.5, 0.6) is 0 Å². The molecule has 0 aliphatic rings. The van der Waals surface area contributed by atoms with Crippen molar-refractivity contribution in [3.8, 4) is 0 Å². The maximum absolute atomic E-state index is 12.5. The van der Waals surface area contributed by atoms with Crippen LogP contribution in [0.15, 0.2) is 42.5 Å². The summed E-state index contributed by atoms with van der Waals surface area (Å²) in [7, 11) is 3.43. The largest absolute Gasteiger partial charge is 0.359 e. The van der Waals surface area contributed by atoms with Crippen LogP contribution in [0.3, 0.4) is 0 Å². The molecule has 27 heavy (non-hydrogen) atoms. The third kappa shape index (κ3) is 5.84. The van der Waals surface area contributed by atoms with Crippen LogP contribution < -0.4 is 10.6 Å². The minimum atomic E-state index is -0.00596. The van der Waals surface area contributed by atoms with Crippen LogP contribution in [0.1, 0.15) is 40.7 Å². The number of unbranched alkanes of at least 4 members (excludes halogenated alkanes) is 1. The van der Waals surface area contributed by atoms with Crippen molar-refractivity contribution in [3.05, 3.63) is 59.2 Å². The minimum absolute atomic E-state index is 0.00596. The van der Waals surface area contributed by atoms with Crippen LogP contribution in [0.4, 0.5) is 11.4 Å². The molecule has 144 valence electrons. The first kappa shape index (κ1) is 20.5. The molecule has 0 spiro atoms. The Morgan fingerprint density at radius 3 is 2.19 bits per heavy atom. The average molecular weight is 367 g/mol. The Hall–Kier alpha value is -2.82. The summed E-state index contributed by atoms with van der Waals surface area (Å²) in [6.07, 6.45) is 2.08. The summed E-state index contributed by atoms with van der Waals surface area (Å²) >= 11 is 0. The smallest absolute Gasteiger partial charge is 0.253 e. The zero-order valence-corrected chi connectivity index (χ0v) is 16.6. The third-order valence-electron chi connectivity index (χ3n) is 4.66. The SMILES string of the molecule is CNC(=O)CCCCN(C)C(=O)c1ccc(Nc2c(C)cccc2C)cc1. The first-order valence-corrected chi connectivity index (χ1v) is 9.31.